The van der Waals surface area contributed by atoms with Crippen LogP contribution in [0.25, 0.3) is 6.08 Å². The molecule has 1 aliphatic heterocycles. The fraction of sp³-hybridized carbons (Fsp3) is 0.0435. The van der Waals surface area contributed by atoms with E-state index in [0.717, 1.165) is 5.56 Å². The van der Waals surface area contributed by atoms with Crippen LogP contribution in [0.1, 0.15) is 11.1 Å². The Morgan fingerprint density at radius 3 is 2.52 bits per heavy atom. The van der Waals surface area contributed by atoms with Gasteiger partial charge in [0.15, 0.2) is 4.32 Å². The van der Waals surface area contributed by atoms with E-state index < -0.39 is 4.92 Å². The minimum absolute atomic E-state index is 0.0157. The summed E-state index contributed by atoms with van der Waals surface area (Å²) in [6, 6.07) is 18.3. The van der Waals surface area contributed by atoms with Crippen molar-refractivity contribution in [3.8, 4) is 5.75 Å². The molecule has 0 radical (unpaired) electrons. The number of rotatable bonds is 6. The van der Waals surface area contributed by atoms with E-state index in [2.05, 4.69) is 0 Å². The Balaban J connectivity index is 1.55. The highest BCUT2D eigenvalue weighted by Crippen LogP contribution is 2.40. The molecule has 0 bridgehead atoms. The molecule has 1 aliphatic rings. The zero-order valence-electron chi connectivity index (χ0n) is 16.7. The van der Waals surface area contributed by atoms with Gasteiger partial charge in [-0.25, -0.2) is 0 Å². The zero-order valence-corrected chi connectivity index (χ0v) is 19.9. The topological polar surface area (TPSA) is 72.7 Å². The molecule has 0 N–H and O–H groups in total. The van der Waals surface area contributed by atoms with Gasteiger partial charge in [-0.2, -0.15) is 0 Å². The summed E-state index contributed by atoms with van der Waals surface area (Å²) in [7, 11) is 0. The Morgan fingerprint density at radius 2 is 1.82 bits per heavy atom. The van der Waals surface area contributed by atoms with E-state index in [1.54, 1.807) is 42.5 Å². The van der Waals surface area contributed by atoms with Gasteiger partial charge >= 0.3 is 0 Å². The molecule has 10 heteroatoms. The van der Waals surface area contributed by atoms with Crippen LogP contribution in [0.3, 0.4) is 0 Å². The third kappa shape index (κ3) is 5.20. The van der Waals surface area contributed by atoms with Gasteiger partial charge in [-0.15, -0.1) is 0 Å². The Morgan fingerprint density at radius 1 is 1.09 bits per heavy atom. The van der Waals surface area contributed by atoms with Gasteiger partial charge in [-0.3, -0.25) is 19.8 Å². The number of thioether (sulfide) groups is 1. The molecule has 4 rings (SSSR count). The van der Waals surface area contributed by atoms with Gasteiger partial charge in [-0.05, 0) is 48.0 Å². The molecule has 0 spiro atoms. The summed E-state index contributed by atoms with van der Waals surface area (Å²) >= 11 is 18.8. The summed E-state index contributed by atoms with van der Waals surface area (Å²) in [5, 5.41) is 11.6. The van der Waals surface area contributed by atoms with Crippen LogP contribution < -0.4 is 9.64 Å². The van der Waals surface area contributed by atoms with E-state index in [0.29, 0.717) is 36.3 Å². The van der Waals surface area contributed by atoms with Gasteiger partial charge in [0.25, 0.3) is 11.6 Å². The summed E-state index contributed by atoms with van der Waals surface area (Å²) < 4.78 is 6.28. The van der Waals surface area contributed by atoms with E-state index >= 15 is 0 Å². The standard InChI is InChI=1S/C23H14Cl2N2O4S2/c24-16-7-10-19(18(25)12-16)26-22(28)21(33-23(26)32)11-15-3-1-2-4-20(15)31-13-14-5-8-17(9-6-14)27(29)30/h1-12H,13H2/b21-11+. The van der Waals surface area contributed by atoms with E-state index in [4.69, 9.17) is 40.2 Å². The van der Waals surface area contributed by atoms with Gasteiger partial charge in [0.2, 0.25) is 0 Å². The summed E-state index contributed by atoms with van der Waals surface area (Å²) in [5.74, 6) is 0.269. The maximum Gasteiger partial charge on any atom is 0.270 e. The summed E-state index contributed by atoms with van der Waals surface area (Å²) in [6.45, 7) is 0.212. The molecule has 0 saturated carbocycles. The fourth-order valence-electron chi connectivity index (χ4n) is 3.09. The summed E-state index contributed by atoms with van der Waals surface area (Å²) in [6.07, 6.45) is 1.72. The maximum absolute atomic E-state index is 13.1. The van der Waals surface area contributed by atoms with Crippen LogP contribution >= 0.6 is 47.2 Å². The monoisotopic (exact) mass is 516 g/mol. The van der Waals surface area contributed by atoms with Crippen molar-refractivity contribution in [3.63, 3.8) is 0 Å². The fourth-order valence-corrected chi connectivity index (χ4v) is 4.85. The highest BCUT2D eigenvalue weighted by atomic mass is 35.5. The minimum Gasteiger partial charge on any atom is -0.488 e. The number of nitro benzene ring substituents is 1. The van der Waals surface area contributed by atoms with Crippen LogP contribution in [0.4, 0.5) is 11.4 Å². The predicted molar refractivity (Wildman–Crippen MR) is 136 cm³/mol. The van der Waals surface area contributed by atoms with Crippen molar-refractivity contribution < 1.29 is 14.5 Å². The van der Waals surface area contributed by atoms with Crippen molar-refractivity contribution in [2.45, 2.75) is 6.61 Å². The van der Waals surface area contributed by atoms with Gasteiger partial charge in [0, 0.05) is 22.7 Å². The van der Waals surface area contributed by atoms with E-state index in [1.807, 2.05) is 18.2 Å². The Kier molecular flexibility index (Phi) is 6.99. The number of non-ortho nitro benzene ring substituents is 1. The van der Waals surface area contributed by atoms with Crippen molar-refractivity contribution in [1.82, 2.24) is 0 Å². The lowest BCUT2D eigenvalue weighted by atomic mass is 10.1. The van der Waals surface area contributed by atoms with E-state index in [-0.39, 0.29) is 18.2 Å². The van der Waals surface area contributed by atoms with Gasteiger partial charge in [0.05, 0.1) is 20.5 Å². The second kappa shape index (κ2) is 9.93. The molecular formula is C23H14Cl2N2O4S2. The molecule has 0 aliphatic carbocycles. The Hall–Kier alpha value is -2.91. The first-order valence-corrected chi connectivity index (χ1v) is 11.5. The largest absolute Gasteiger partial charge is 0.488 e. The van der Waals surface area contributed by atoms with Crippen molar-refractivity contribution in [3.05, 3.63) is 103 Å². The Labute approximate surface area is 208 Å². The number of hydrogen-bond acceptors (Lipinski definition) is 6. The molecule has 0 unspecified atom stereocenters. The second-order valence-corrected chi connectivity index (χ2v) is 9.38. The van der Waals surface area contributed by atoms with Crippen LogP contribution in [0.15, 0.2) is 71.6 Å². The van der Waals surface area contributed by atoms with Gasteiger partial charge < -0.3 is 4.74 Å². The zero-order chi connectivity index (χ0) is 23.5. The molecular weight excluding hydrogens is 503 g/mol. The number of para-hydroxylation sites is 1. The first-order chi connectivity index (χ1) is 15.8. The van der Waals surface area contributed by atoms with Crippen LogP contribution in [0.2, 0.25) is 10.0 Å². The number of amides is 1. The second-order valence-electron chi connectivity index (χ2n) is 6.86. The molecule has 1 heterocycles. The lowest BCUT2D eigenvalue weighted by molar-refractivity contribution is -0.384. The number of carbonyl (C=O) groups is 1. The number of thiocarbonyl (C=S) groups is 1. The summed E-state index contributed by atoms with van der Waals surface area (Å²) in [4.78, 5) is 25.3. The van der Waals surface area contributed by atoms with E-state index in [9.17, 15) is 14.9 Å². The minimum atomic E-state index is -0.451. The van der Waals surface area contributed by atoms with Gasteiger partial charge in [-0.1, -0.05) is 65.4 Å². The SMILES string of the molecule is O=C1/C(=C\c2ccccc2OCc2ccc([N+](=O)[O-])cc2)SC(=S)N1c1ccc(Cl)cc1Cl. The van der Waals surface area contributed by atoms with Crippen LogP contribution in [0.5, 0.6) is 5.75 Å². The maximum atomic E-state index is 13.1. The number of benzene rings is 3. The van der Waals surface area contributed by atoms with Crippen LogP contribution in [-0.4, -0.2) is 15.2 Å². The third-order valence-corrected chi connectivity index (χ3v) is 6.53. The highest BCUT2D eigenvalue weighted by Gasteiger charge is 2.34. The number of carbonyl (C=O) groups excluding carboxylic acids is 1. The Bertz CT molecular complexity index is 1300. The average molecular weight is 517 g/mol. The molecule has 1 saturated heterocycles. The number of halogens is 2. The molecule has 6 nitrogen and oxygen atoms in total. The number of nitro groups is 1. The smallest absolute Gasteiger partial charge is 0.270 e. The van der Waals surface area contributed by atoms with Crippen molar-refractivity contribution in [1.29, 1.82) is 0 Å². The molecule has 166 valence electrons. The first kappa shape index (κ1) is 23.3. The van der Waals surface area contributed by atoms with Crippen LogP contribution in [0, 0.1) is 10.1 Å². The molecule has 0 atom stereocenters. The highest BCUT2D eigenvalue weighted by molar-refractivity contribution is 8.27. The van der Waals surface area contributed by atoms with Crippen LogP contribution in [-0.2, 0) is 11.4 Å². The quantitative estimate of drug-likeness (QED) is 0.154. The number of nitrogens with zero attached hydrogens (tertiary/aromatic N) is 2. The van der Waals surface area contributed by atoms with Crippen molar-refractivity contribution >= 4 is 74.9 Å². The van der Waals surface area contributed by atoms with Crippen molar-refractivity contribution in [2.75, 3.05) is 4.90 Å². The number of ether oxygens (including phenoxy) is 1. The van der Waals surface area contributed by atoms with E-state index in [1.165, 1.54) is 28.8 Å². The predicted octanol–water partition coefficient (Wildman–Crippen LogP) is 6.89. The van der Waals surface area contributed by atoms with Crippen molar-refractivity contribution in [2.24, 2.45) is 0 Å². The molecule has 1 fully saturated rings. The average Bonchev–Trinajstić information content (AvgIpc) is 3.06. The number of anilines is 1. The molecule has 3 aromatic carbocycles. The normalized spacial score (nSPS) is 14.7. The van der Waals surface area contributed by atoms with Gasteiger partial charge in [0.1, 0.15) is 12.4 Å². The molecule has 1 amide bonds. The third-order valence-electron chi connectivity index (χ3n) is 4.69. The molecule has 3 aromatic rings. The molecule has 0 aromatic heterocycles. The summed E-state index contributed by atoms with van der Waals surface area (Å²) in [5.41, 5.74) is 1.96. The molecule has 33 heavy (non-hydrogen) atoms. The first-order valence-electron chi connectivity index (χ1n) is 9.51. The number of hydrogen-bond donors (Lipinski definition) is 0. The lowest BCUT2D eigenvalue weighted by Crippen LogP contribution is -2.27. The lowest BCUT2D eigenvalue weighted by Gasteiger charge is -2.16.